The van der Waals surface area contributed by atoms with Gasteiger partial charge in [-0.2, -0.15) is 9.98 Å². The molecule has 0 aliphatic rings. The maximum Gasteiger partial charge on any atom is 0.322 e. The summed E-state index contributed by atoms with van der Waals surface area (Å²) in [6.07, 6.45) is -0.916. The van der Waals surface area contributed by atoms with E-state index >= 15 is 0 Å². The van der Waals surface area contributed by atoms with E-state index in [1.807, 2.05) is 0 Å². The van der Waals surface area contributed by atoms with E-state index in [9.17, 15) is 13.2 Å². The molecule has 102 valence electrons. The van der Waals surface area contributed by atoms with Gasteiger partial charge in [0, 0.05) is 4.47 Å². The number of sulfonamides is 1. The second-order valence-corrected chi connectivity index (χ2v) is 6.11. The van der Waals surface area contributed by atoms with Crippen LogP contribution in [-0.2, 0) is 19.6 Å². The summed E-state index contributed by atoms with van der Waals surface area (Å²) in [5.41, 5.74) is 0. The molecule has 1 atom stereocenters. The van der Waals surface area contributed by atoms with Crippen LogP contribution in [0.1, 0.15) is 6.92 Å². The van der Waals surface area contributed by atoms with Crippen LogP contribution in [0, 0.1) is 11.3 Å². The third-order valence-corrected chi connectivity index (χ3v) is 4.44. The molecule has 0 saturated heterocycles. The fourth-order valence-corrected chi connectivity index (χ4v) is 3.13. The normalized spacial score (nSPS) is 12.5. The molecular weight excluding hydrogens is 336 g/mol. The summed E-state index contributed by atoms with van der Waals surface area (Å²) in [6.45, 7) is 0.857. The Morgan fingerprint density at radius 1 is 1.53 bits per heavy atom. The van der Waals surface area contributed by atoms with E-state index < -0.39 is 28.6 Å². The second kappa shape index (κ2) is 6.65. The predicted octanol–water partition coefficient (Wildman–Crippen LogP) is 1.18. The van der Waals surface area contributed by atoms with Crippen molar-refractivity contribution in [3.8, 4) is 6.07 Å². The summed E-state index contributed by atoms with van der Waals surface area (Å²) in [5, 5.41) is 8.45. The molecule has 0 unspecified atom stereocenters. The summed E-state index contributed by atoms with van der Waals surface area (Å²) < 4.78 is 30.9. The molecule has 0 bridgehead atoms. The SMILES string of the molecule is C[C@H](C#N)OC(=O)CNS(=O)(=O)c1ccccc1Br. The summed E-state index contributed by atoms with van der Waals surface area (Å²) in [5.74, 6) is -0.815. The van der Waals surface area contributed by atoms with E-state index in [2.05, 4.69) is 25.4 Å². The Morgan fingerprint density at radius 2 is 2.16 bits per heavy atom. The molecule has 1 N–H and O–H groups in total. The van der Waals surface area contributed by atoms with Gasteiger partial charge in [0.1, 0.15) is 12.6 Å². The third-order valence-electron chi connectivity index (χ3n) is 2.02. The molecule has 1 aromatic carbocycles. The zero-order valence-electron chi connectivity index (χ0n) is 9.96. The maximum atomic E-state index is 11.9. The fourth-order valence-electron chi connectivity index (χ4n) is 1.16. The predicted molar refractivity (Wildman–Crippen MR) is 70.5 cm³/mol. The number of carbonyl (C=O) groups excluding carboxylic acids is 1. The van der Waals surface area contributed by atoms with Gasteiger partial charge < -0.3 is 4.74 Å². The van der Waals surface area contributed by atoms with Gasteiger partial charge >= 0.3 is 5.97 Å². The number of ether oxygens (including phenoxy) is 1. The van der Waals surface area contributed by atoms with Crippen LogP contribution in [-0.4, -0.2) is 27.0 Å². The zero-order valence-corrected chi connectivity index (χ0v) is 12.4. The highest BCUT2D eigenvalue weighted by atomic mass is 79.9. The number of hydrogen-bond donors (Lipinski definition) is 1. The van der Waals surface area contributed by atoms with Crippen molar-refractivity contribution in [2.45, 2.75) is 17.9 Å². The van der Waals surface area contributed by atoms with Crippen molar-refractivity contribution in [3.63, 3.8) is 0 Å². The number of esters is 1. The molecule has 19 heavy (non-hydrogen) atoms. The molecule has 1 aromatic rings. The number of nitrogens with one attached hydrogen (secondary N) is 1. The van der Waals surface area contributed by atoms with Crippen molar-refractivity contribution in [1.29, 1.82) is 5.26 Å². The summed E-state index contributed by atoms with van der Waals surface area (Å²) >= 11 is 3.11. The van der Waals surface area contributed by atoms with Gasteiger partial charge in [0.25, 0.3) is 0 Å². The van der Waals surface area contributed by atoms with Gasteiger partial charge in [-0.25, -0.2) is 8.42 Å². The van der Waals surface area contributed by atoms with Crippen molar-refractivity contribution in [2.24, 2.45) is 0 Å². The lowest BCUT2D eigenvalue weighted by molar-refractivity contribution is -0.144. The van der Waals surface area contributed by atoms with Gasteiger partial charge in [0.2, 0.25) is 10.0 Å². The molecule has 6 nitrogen and oxygen atoms in total. The van der Waals surface area contributed by atoms with Crippen LogP contribution in [0.4, 0.5) is 0 Å². The zero-order chi connectivity index (χ0) is 14.5. The highest BCUT2D eigenvalue weighted by Crippen LogP contribution is 2.20. The van der Waals surface area contributed by atoms with Crippen LogP contribution in [0.15, 0.2) is 33.6 Å². The van der Waals surface area contributed by atoms with Crippen molar-refractivity contribution in [1.82, 2.24) is 4.72 Å². The molecule has 0 fully saturated rings. The van der Waals surface area contributed by atoms with Gasteiger partial charge in [-0.05, 0) is 35.0 Å². The molecule has 0 aliphatic carbocycles. The molecule has 0 heterocycles. The fraction of sp³-hybridized carbons (Fsp3) is 0.273. The summed E-state index contributed by atoms with van der Waals surface area (Å²) in [7, 11) is -3.81. The van der Waals surface area contributed by atoms with Gasteiger partial charge in [0.15, 0.2) is 6.10 Å². The average Bonchev–Trinajstić information content (AvgIpc) is 2.36. The Bertz CT molecular complexity index is 609. The number of nitriles is 1. The summed E-state index contributed by atoms with van der Waals surface area (Å²) in [6, 6.07) is 7.92. The molecule has 0 saturated carbocycles. The average molecular weight is 347 g/mol. The molecule has 0 amide bonds. The molecular formula is C11H11BrN2O4S. The van der Waals surface area contributed by atoms with Crippen molar-refractivity contribution >= 4 is 31.9 Å². The molecule has 8 heteroatoms. The van der Waals surface area contributed by atoms with Crippen LogP contribution in [0.2, 0.25) is 0 Å². The molecule has 1 rings (SSSR count). The largest absolute Gasteiger partial charge is 0.446 e. The number of benzene rings is 1. The highest BCUT2D eigenvalue weighted by molar-refractivity contribution is 9.10. The number of rotatable bonds is 5. The van der Waals surface area contributed by atoms with Crippen LogP contribution < -0.4 is 4.72 Å². The molecule has 0 spiro atoms. The first-order valence-corrected chi connectivity index (χ1v) is 7.47. The van der Waals surface area contributed by atoms with E-state index in [4.69, 9.17) is 5.26 Å². The first-order chi connectivity index (χ1) is 8.86. The minimum absolute atomic E-state index is 0.0242. The van der Waals surface area contributed by atoms with E-state index in [-0.39, 0.29) is 4.90 Å². The van der Waals surface area contributed by atoms with Gasteiger partial charge in [0.05, 0.1) is 4.90 Å². The Balaban J connectivity index is 2.70. The maximum absolute atomic E-state index is 11.9. The smallest absolute Gasteiger partial charge is 0.322 e. The van der Waals surface area contributed by atoms with Crippen LogP contribution >= 0.6 is 15.9 Å². The Labute approximate surface area is 119 Å². The van der Waals surface area contributed by atoms with Crippen molar-refractivity contribution in [3.05, 3.63) is 28.7 Å². The summed E-state index contributed by atoms with van der Waals surface area (Å²) in [4.78, 5) is 11.3. The second-order valence-electron chi connectivity index (χ2n) is 3.52. The Morgan fingerprint density at radius 3 is 2.74 bits per heavy atom. The van der Waals surface area contributed by atoms with Crippen molar-refractivity contribution < 1.29 is 17.9 Å². The minimum Gasteiger partial charge on any atom is -0.446 e. The lowest BCUT2D eigenvalue weighted by atomic mass is 10.4. The number of hydrogen-bond acceptors (Lipinski definition) is 5. The topological polar surface area (TPSA) is 96.3 Å². The van der Waals surface area contributed by atoms with Crippen LogP contribution in [0.25, 0.3) is 0 Å². The number of carbonyl (C=O) groups is 1. The van der Waals surface area contributed by atoms with E-state index in [1.165, 1.54) is 13.0 Å². The quantitative estimate of drug-likeness (QED) is 0.807. The van der Waals surface area contributed by atoms with E-state index in [0.29, 0.717) is 4.47 Å². The van der Waals surface area contributed by atoms with Gasteiger partial charge in [-0.15, -0.1) is 0 Å². The van der Waals surface area contributed by atoms with Gasteiger partial charge in [-0.3, -0.25) is 4.79 Å². The van der Waals surface area contributed by atoms with E-state index in [0.717, 1.165) is 0 Å². The Hall–Kier alpha value is -1.43. The van der Waals surface area contributed by atoms with E-state index in [1.54, 1.807) is 24.3 Å². The van der Waals surface area contributed by atoms with Gasteiger partial charge in [-0.1, -0.05) is 12.1 Å². The standard InChI is InChI=1S/C11H11BrN2O4S/c1-8(6-13)18-11(15)7-14-19(16,17)10-5-3-2-4-9(10)12/h2-5,8,14H,7H2,1H3/t8-/m1/s1. The lowest BCUT2D eigenvalue weighted by Gasteiger charge is -2.09. The molecule has 0 radical (unpaired) electrons. The van der Waals surface area contributed by atoms with Crippen LogP contribution in [0.3, 0.4) is 0 Å². The molecule has 0 aliphatic heterocycles. The third kappa shape index (κ3) is 4.63. The Kier molecular flexibility index (Phi) is 5.47. The highest BCUT2D eigenvalue weighted by Gasteiger charge is 2.19. The first kappa shape index (κ1) is 15.6. The lowest BCUT2D eigenvalue weighted by Crippen LogP contribution is -2.32. The minimum atomic E-state index is -3.81. The van der Waals surface area contributed by atoms with Crippen molar-refractivity contribution in [2.75, 3.05) is 6.54 Å². The first-order valence-electron chi connectivity index (χ1n) is 5.20. The number of halogens is 1. The molecule has 0 aromatic heterocycles. The monoisotopic (exact) mass is 346 g/mol. The van der Waals surface area contributed by atoms with Crippen LogP contribution in [0.5, 0.6) is 0 Å². The number of nitrogens with zero attached hydrogens (tertiary/aromatic N) is 1.